The molecular weight excluding hydrogens is 297 g/mol. The molecule has 0 bridgehead atoms. The van der Waals surface area contributed by atoms with Gasteiger partial charge in [0.2, 0.25) is 6.79 Å². The summed E-state index contributed by atoms with van der Waals surface area (Å²) in [6, 6.07) is 7.73. The Morgan fingerprint density at radius 3 is 2.76 bits per heavy atom. The van der Waals surface area contributed by atoms with E-state index in [0.29, 0.717) is 27.8 Å². The van der Waals surface area contributed by atoms with Gasteiger partial charge in [-0.3, -0.25) is 4.79 Å². The van der Waals surface area contributed by atoms with Crippen molar-refractivity contribution in [3.63, 3.8) is 0 Å². The number of benzene rings is 2. The van der Waals surface area contributed by atoms with Gasteiger partial charge in [0.05, 0.1) is 16.3 Å². The van der Waals surface area contributed by atoms with E-state index in [1.165, 1.54) is 6.07 Å². The Kier molecular flexibility index (Phi) is 3.43. The van der Waals surface area contributed by atoms with Crippen molar-refractivity contribution in [1.29, 1.82) is 0 Å². The zero-order valence-corrected chi connectivity index (χ0v) is 11.8. The van der Waals surface area contributed by atoms with Gasteiger partial charge in [-0.05, 0) is 18.6 Å². The van der Waals surface area contributed by atoms with E-state index in [-0.39, 0.29) is 12.4 Å². The average molecular weight is 308 g/mol. The molecule has 3 rings (SSSR count). The van der Waals surface area contributed by atoms with Gasteiger partial charge in [0, 0.05) is 12.1 Å². The van der Waals surface area contributed by atoms with Crippen molar-refractivity contribution in [2.75, 3.05) is 12.1 Å². The molecule has 0 fully saturated rings. The fraction of sp³-hybridized carbons (Fsp3) is 0.133. The maximum atomic E-state index is 13.9. The molecule has 2 aromatic carbocycles. The standard InChI is InChI=1S/C15H11ClFNO3/c1-8-3-2-4-9(14(8)17)15(19)18-11-6-13-12(5-10(11)16)20-7-21-13/h2-6H,7H2,1H3,(H,18,19). The summed E-state index contributed by atoms with van der Waals surface area (Å²) in [7, 11) is 0. The number of aryl methyl sites for hydroxylation is 1. The Hall–Kier alpha value is -2.27. The molecule has 1 heterocycles. The maximum absolute atomic E-state index is 13.9. The lowest BCUT2D eigenvalue weighted by Crippen LogP contribution is -2.14. The minimum Gasteiger partial charge on any atom is -0.454 e. The molecule has 1 amide bonds. The van der Waals surface area contributed by atoms with E-state index in [4.69, 9.17) is 21.1 Å². The largest absolute Gasteiger partial charge is 0.454 e. The highest BCUT2D eigenvalue weighted by molar-refractivity contribution is 6.34. The zero-order chi connectivity index (χ0) is 15.0. The maximum Gasteiger partial charge on any atom is 0.258 e. The van der Waals surface area contributed by atoms with Crippen molar-refractivity contribution >= 4 is 23.2 Å². The molecule has 0 aromatic heterocycles. The minimum absolute atomic E-state index is 0.0382. The lowest BCUT2D eigenvalue weighted by Gasteiger charge is -2.09. The average Bonchev–Trinajstić information content (AvgIpc) is 2.89. The monoisotopic (exact) mass is 307 g/mol. The summed E-state index contributed by atoms with van der Waals surface area (Å²) in [5.74, 6) is -0.122. The molecule has 0 aliphatic carbocycles. The van der Waals surface area contributed by atoms with Crippen LogP contribution in [0.2, 0.25) is 5.02 Å². The predicted molar refractivity (Wildman–Crippen MR) is 76.7 cm³/mol. The highest BCUT2D eigenvalue weighted by atomic mass is 35.5. The van der Waals surface area contributed by atoms with Gasteiger partial charge in [-0.1, -0.05) is 23.7 Å². The summed E-state index contributed by atoms with van der Waals surface area (Å²) >= 11 is 6.07. The van der Waals surface area contributed by atoms with Gasteiger partial charge in [-0.15, -0.1) is 0 Å². The van der Waals surface area contributed by atoms with Crippen molar-refractivity contribution in [3.05, 3.63) is 52.3 Å². The molecule has 6 heteroatoms. The molecule has 4 nitrogen and oxygen atoms in total. The molecule has 0 spiro atoms. The summed E-state index contributed by atoms with van der Waals surface area (Å²) in [4.78, 5) is 12.2. The van der Waals surface area contributed by atoms with Crippen LogP contribution in [0.15, 0.2) is 30.3 Å². The van der Waals surface area contributed by atoms with E-state index in [1.807, 2.05) is 0 Å². The van der Waals surface area contributed by atoms with Crippen LogP contribution in [0.3, 0.4) is 0 Å². The molecule has 1 aliphatic heterocycles. The first-order valence-corrected chi connectivity index (χ1v) is 6.59. The highest BCUT2D eigenvalue weighted by Gasteiger charge is 2.19. The van der Waals surface area contributed by atoms with Crippen molar-refractivity contribution in [2.24, 2.45) is 0 Å². The molecule has 0 saturated carbocycles. The number of hydrogen-bond acceptors (Lipinski definition) is 3. The Morgan fingerprint density at radius 2 is 2.00 bits per heavy atom. The molecule has 1 N–H and O–H groups in total. The molecule has 21 heavy (non-hydrogen) atoms. The molecule has 0 saturated heterocycles. The van der Waals surface area contributed by atoms with Crippen LogP contribution in [0.25, 0.3) is 0 Å². The van der Waals surface area contributed by atoms with Crippen molar-refractivity contribution in [3.8, 4) is 11.5 Å². The van der Waals surface area contributed by atoms with Gasteiger partial charge in [-0.25, -0.2) is 4.39 Å². The Bertz CT molecular complexity index is 733. The van der Waals surface area contributed by atoms with Gasteiger partial charge in [0.15, 0.2) is 11.5 Å². The molecular formula is C15H11ClFNO3. The van der Waals surface area contributed by atoms with Gasteiger partial charge >= 0.3 is 0 Å². The molecule has 0 atom stereocenters. The van der Waals surface area contributed by atoms with Gasteiger partial charge < -0.3 is 14.8 Å². The third-order valence-corrected chi connectivity index (χ3v) is 3.46. The van der Waals surface area contributed by atoms with E-state index < -0.39 is 11.7 Å². The van der Waals surface area contributed by atoms with Crippen molar-refractivity contribution < 1.29 is 18.7 Å². The van der Waals surface area contributed by atoms with E-state index >= 15 is 0 Å². The van der Waals surface area contributed by atoms with Crippen LogP contribution in [-0.2, 0) is 0 Å². The Balaban J connectivity index is 1.90. The van der Waals surface area contributed by atoms with Gasteiger partial charge in [-0.2, -0.15) is 0 Å². The summed E-state index contributed by atoms with van der Waals surface area (Å²) < 4.78 is 24.3. The van der Waals surface area contributed by atoms with Crippen molar-refractivity contribution in [1.82, 2.24) is 0 Å². The summed E-state index contributed by atoms with van der Waals surface area (Å²) in [5, 5.41) is 2.87. The minimum atomic E-state index is -0.572. The topological polar surface area (TPSA) is 47.6 Å². The third kappa shape index (κ3) is 2.52. The number of hydrogen-bond donors (Lipinski definition) is 1. The van der Waals surface area contributed by atoms with Gasteiger partial charge in [0.1, 0.15) is 5.82 Å². The number of carbonyl (C=O) groups is 1. The second-order valence-corrected chi connectivity index (χ2v) is 4.98. The molecule has 0 unspecified atom stereocenters. The predicted octanol–water partition coefficient (Wildman–Crippen LogP) is 3.77. The number of carbonyl (C=O) groups excluding carboxylic acids is 1. The van der Waals surface area contributed by atoms with Crippen LogP contribution < -0.4 is 14.8 Å². The number of rotatable bonds is 2. The van der Waals surface area contributed by atoms with Crippen molar-refractivity contribution in [2.45, 2.75) is 6.92 Å². The van der Waals surface area contributed by atoms with Crippen LogP contribution >= 0.6 is 11.6 Å². The number of nitrogens with one attached hydrogen (secondary N) is 1. The smallest absolute Gasteiger partial charge is 0.258 e. The van der Waals surface area contributed by atoms with Gasteiger partial charge in [0.25, 0.3) is 5.91 Å². The zero-order valence-electron chi connectivity index (χ0n) is 11.1. The van der Waals surface area contributed by atoms with Crippen LogP contribution in [0, 0.1) is 12.7 Å². The lowest BCUT2D eigenvalue weighted by atomic mass is 10.1. The SMILES string of the molecule is Cc1cccc(C(=O)Nc2cc3c(cc2Cl)OCO3)c1F. The van der Waals surface area contributed by atoms with E-state index in [1.54, 1.807) is 31.2 Å². The molecule has 108 valence electrons. The van der Waals surface area contributed by atoms with Crippen LogP contribution in [0.1, 0.15) is 15.9 Å². The Morgan fingerprint density at radius 1 is 1.29 bits per heavy atom. The fourth-order valence-corrected chi connectivity index (χ4v) is 2.23. The van der Waals surface area contributed by atoms with E-state index in [2.05, 4.69) is 5.32 Å². The second-order valence-electron chi connectivity index (χ2n) is 4.58. The van der Waals surface area contributed by atoms with E-state index in [9.17, 15) is 9.18 Å². The molecule has 0 radical (unpaired) electrons. The molecule has 1 aliphatic rings. The highest BCUT2D eigenvalue weighted by Crippen LogP contribution is 2.39. The summed E-state index contributed by atoms with van der Waals surface area (Å²) in [6.45, 7) is 1.70. The quantitative estimate of drug-likeness (QED) is 0.918. The number of amides is 1. The number of anilines is 1. The normalized spacial score (nSPS) is 12.3. The number of halogens is 2. The first kappa shape index (κ1) is 13.7. The first-order chi connectivity index (χ1) is 10.1. The van der Waals surface area contributed by atoms with Crippen LogP contribution in [0.4, 0.5) is 10.1 Å². The third-order valence-electron chi connectivity index (χ3n) is 3.15. The first-order valence-electron chi connectivity index (χ1n) is 6.22. The summed E-state index contributed by atoms with van der Waals surface area (Å²) in [6.07, 6.45) is 0. The second kappa shape index (κ2) is 5.26. The van der Waals surface area contributed by atoms with Crippen LogP contribution in [0.5, 0.6) is 11.5 Å². The lowest BCUT2D eigenvalue weighted by molar-refractivity contribution is 0.102. The Labute approximate surface area is 125 Å². The fourth-order valence-electron chi connectivity index (χ4n) is 2.03. The summed E-state index contributed by atoms with van der Waals surface area (Å²) in [5.41, 5.74) is 0.704. The van der Waals surface area contributed by atoms with E-state index in [0.717, 1.165) is 0 Å². The van der Waals surface area contributed by atoms with Crippen LogP contribution in [-0.4, -0.2) is 12.7 Å². The molecule has 2 aromatic rings. The number of fused-ring (bicyclic) bond motifs is 1. The number of ether oxygens (including phenoxy) is 2.